The molecule has 0 radical (unpaired) electrons. The highest BCUT2D eigenvalue weighted by Gasteiger charge is 2.12. The van der Waals surface area contributed by atoms with Gasteiger partial charge in [-0.05, 0) is 40.2 Å². The molecular formula is C12H13BrN4O3S. The number of halogens is 1. The molecule has 0 aliphatic heterocycles. The molecular weight excluding hydrogens is 360 g/mol. The minimum absolute atomic E-state index is 0.0242. The van der Waals surface area contributed by atoms with Crippen LogP contribution in [0, 0.1) is 0 Å². The van der Waals surface area contributed by atoms with Gasteiger partial charge >= 0.3 is 0 Å². The van der Waals surface area contributed by atoms with Gasteiger partial charge in [0.2, 0.25) is 15.9 Å². The molecule has 112 valence electrons. The number of nitrogens with two attached hydrogens (primary N) is 1. The molecule has 1 heterocycles. The number of nitrogens with one attached hydrogen (secondary N) is 1. The Bertz CT molecular complexity index is 744. The van der Waals surface area contributed by atoms with Gasteiger partial charge in [0.25, 0.3) is 0 Å². The fraction of sp³-hybridized carbons (Fsp3) is 0.167. The van der Waals surface area contributed by atoms with Crippen molar-refractivity contribution in [3.8, 4) is 0 Å². The standard InChI is InChI=1S/C12H13BrN4O3S/c13-10-8-9(21(14,19)20)2-3-11(10)16-12(18)4-7-17-6-1-5-15-17/h1-3,5-6,8H,4,7H2,(H,16,18)(H2,14,19,20). The molecule has 7 nitrogen and oxygen atoms in total. The molecule has 2 aromatic rings. The number of rotatable bonds is 5. The van der Waals surface area contributed by atoms with E-state index in [0.29, 0.717) is 16.7 Å². The molecule has 1 aromatic carbocycles. The van der Waals surface area contributed by atoms with E-state index >= 15 is 0 Å². The number of benzene rings is 1. The second-order valence-corrected chi connectivity index (χ2v) is 6.67. The van der Waals surface area contributed by atoms with E-state index in [0.717, 1.165) is 0 Å². The smallest absolute Gasteiger partial charge is 0.238 e. The molecule has 0 unspecified atom stereocenters. The average Bonchev–Trinajstić information content (AvgIpc) is 2.91. The molecule has 1 aromatic heterocycles. The van der Waals surface area contributed by atoms with E-state index in [1.807, 2.05) is 0 Å². The second kappa shape index (κ2) is 6.37. The molecule has 0 aliphatic rings. The van der Waals surface area contributed by atoms with E-state index in [1.165, 1.54) is 18.2 Å². The third-order valence-electron chi connectivity index (χ3n) is 2.67. The maximum Gasteiger partial charge on any atom is 0.238 e. The van der Waals surface area contributed by atoms with Crippen molar-refractivity contribution in [1.29, 1.82) is 0 Å². The molecule has 1 amide bonds. The molecule has 0 spiro atoms. The van der Waals surface area contributed by atoms with Gasteiger partial charge in [0.15, 0.2) is 0 Å². The quantitative estimate of drug-likeness (QED) is 0.824. The van der Waals surface area contributed by atoms with Crippen LogP contribution in [0.2, 0.25) is 0 Å². The van der Waals surface area contributed by atoms with Crippen LogP contribution in [0.15, 0.2) is 46.0 Å². The SMILES string of the molecule is NS(=O)(=O)c1ccc(NC(=O)CCn2cccn2)c(Br)c1. The first-order chi connectivity index (χ1) is 9.86. The van der Waals surface area contributed by atoms with E-state index in [4.69, 9.17) is 5.14 Å². The number of sulfonamides is 1. The lowest BCUT2D eigenvalue weighted by Gasteiger charge is -2.08. The van der Waals surface area contributed by atoms with Crippen molar-refractivity contribution < 1.29 is 13.2 Å². The molecule has 3 N–H and O–H groups in total. The van der Waals surface area contributed by atoms with Crippen molar-refractivity contribution in [2.45, 2.75) is 17.9 Å². The highest BCUT2D eigenvalue weighted by Crippen LogP contribution is 2.25. The Balaban J connectivity index is 2.01. The summed E-state index contributed by atoms with van der Waals surface area (Å²) < 4.78 is 24.5. The topological polar surface area (TPSA) is 107 Å². The lowest BCUT2D eigenvalue weighted by molar-refractivity contribution is -0.116. The fourth-order valence-electron chi connectivity index (χ4n) is 1.64. The number of aromatic nitrogens is 2. The van der Waals surface area contributed by atoms with Crippen molar-refractivity contribution in [2.75, 3.05) is 5.32 Å². The lowest BCUT2D eigenvalue weighted by atomic mass is 10.3. The van der Waals surface area contributed by atoms with Gasteiger partial charge in [0, 0.05) is 29.8 Å². The zero-order valence-corrected chi connectivity index (χ0v) is 13.3. The van der Waals surface area contributed by atoms with Crippen LogP contribution in [-0.4, -0.2) is 24.1 Å². The van der Waals surface area contributed by atoms with Crippen LogP contribution in [0.5, 0.6) is 0 Å². The summed E-state index contributed by atoms with van der Waals surface area (Å²) in [5.41, 5.74) is 0.480. The summed E-state index contributed by atoms with van der Waals surface area (Å²) in [6.07, 6.45) is 3.66. The van der Waals surface area contributed by atoms with Gasteiger partial charge in [-0.3, -0.25) is 9.48 Å². The van der Waals surface area contributed by atoms with Crippen LogP contribution in [0.4, 0.5) is 5.69 Å². The van der Waals surface area contributed by atoms with Crippen LogP contribution in [0.3, 0.4) is 0 Å². The summed E-state index contributed by atoms with van der Waals surface area (Å²) in [5, 5.41) is 11.7. The van der Waals surface area contributed by atoms with Crippen LogP contribution < -0.4 is 10.5 Å². The van der Waals surface area contributed by atoms with E-state index < -0.39 is 10.0 Å². The van der Waals surface area contributed by atoms with Crippen molar-refractivity contribution in [2.24, 2.45) is 5.14 Å². The normalized spacial score (nSPS) is 11.3. The van der Waals surface area contributed by atoms with E-state index in [9.17, 15) is 13.2 Å². The van der Waals surface area contributed by atoms with Crippen molar-refractivity contribution in [1.82, 2.24) is 9.78 Å². The Morgan fingerprint density at radius 1 is 1.43 bits per heavy atom. The van der Waals surface area contributed by atoms with Gasteiger partial charge in [-0.25, -0.2) is 13.6 Å². The molecule has 0 bridgehead atoms. The number of carbonyl (C=O) groups is 1. The van der Waals surface area contributed by atoms with Crippen LogP contribution in [0.25, 0.3) is 0 Å². The van der Waals surface area contributed by atoms with Gasteiger partial charge in [0.1, 0.15) is 0 Å². The van der Waals surface area contributed by atoms with Gasteiger partial charge in [-0.15, -0.1) is 0 Å². The first-order valence-electron chi connectivity index (χ1n) is 5.96. The number of aryl methyl sites for hydroxylation is 1. The van der Waals surface area contributed by atoms with E-state index in [-0.39, 0.29) is 17.2 Å². The molecule has 0 atom stereocenters. The highest BCUT2D eigenvalue weighted by molar-refractivity contribution is 9.10. The number of anilines is 1. The summed E-state index contributed by atoms with van der Waals surface area (Å²) in [6.45, 7) is 0.464. The first kappa shape index (κ1) is 15.7. The Morgan fingerprint density at radius 2 is 2.19 bits per heavy atom. The number of nitrogens with zero attached hydrogens (tertiary/aromatic N) is 2. The maximum atomic E-state index is 11.8. The molecule has 0 saturated heterocycles. The molecule has 9 heteroatoms. The largest absolute Gasteiger partial charge is 0.325 e. The molecule has 0 fully saturated rings. The first-order valence-corrected chi connectivity index (χ1v) is 8.30. The zero-order valence-electron chi connectivity index (χ0n) is 10.9. The monoisotopic (exact) mass is 372 g/mol. The van der Waals surface area contributed by atoms with Gasteiger partial charge in [-0.1, -0.05) is 0 Å². The van der Waals surface area contributed by atoms with E-state index in [1.54, 1.807) is 23.1 Å². The van der Waals surface area contributed by atoms with Crippen LogP contribution >= 0.6 is 15.9 Å². The van der Waals surface area contributed by atoms with Crippen LogP contribution in [0.1, 0.15) is 6.42 Å². The average molecular weight is 373 g/mol. The summed E-state index contributed by atoms with van der Waals surface area (Å²) in [7, 11) is -3.76. The van der Waals surface area contributed by atoms with E-state index in [2.05, 4.69) is 26.3 Å². The Kier molecular flexibility index (Phi) is 4.76. The second-order valence-electron chi connectivity index (χ2n) is 4.25. The summed E-state index contributed by atoms with van der Waals surface area (Å²) in [5.74, 6) is -0.199. The summed E-state index contributed by atoms with van der Waals surface area (Å²) in [6, 6.07) is 5.94. The minimum atomic E-state index is -3.76. The number of primary sulfonamides is 1. The van der Waals surface area contributed by atoms with Gasteiger partial charge in [-0.2, -0.15) is 5.10 Å². The summed E-state index contributed by atoms with van der Waals surface area (Å²) >= 11 is 3.21. The predicted octanol–water partition coefficient (Wildman–Crippen LogP) is 1.32. The third kappa shape index (κ3) is 4.38. The molecule has 0 aliphatic carbocycles. The Labute approximate surface area is 130 Å². The van der Waals surface area contributed by atoms with Crippen LogP contribution in [-0.2, 0) is 21.4 Å². The molecule has 2 rings (SSSR count). The van der Waals surface area contributed by atoms with Crippen molar-refractivity contribution in [3.05, 3.63) is 41.1 Å². The number of hydrogen-bond donors (Lipinski definition) is 2. The Morgan fingerprint density at radius 3 is 2.76 bits per heavy atom. The third-order valence-corrected chi connectivity index (χ3v) is 4.24. The number of hydrogen-bond acceptors (Lipinski definition) is 4. The van der Waals surface area contributed by atoms with Crippen molar-refractivity contribution >= 4 is 37.5 Å². The maximum absolute atomic E-state index is 11.8. The van der Waals surface area contributed by atoms with Crippen molar-refractivity contribution in [3.63, 3.8) is 0 Å². The summed E-state index contributed by atoms with van der Waals surface area (Å²) in [4.78, 5) is 11.8. The lowest BCUT2D eigenvalue weighted by Crippen LogP contribution is -2.16. The fourth-order valence-corrected chi connectivity index (χ4v) is 2.80. The molecule has 21 heavy (non-hydrogen) atoms. The Hall–Kier alpha value is -1.71. The highest BCUT2D eigenvalue weighted by atomic mass is 79.9. The molecule has 0 saturated carbocycles. The van der Waals surface area contributed by atoms with Gasteiger partial charge < -0.3 is 5.32 Å². The number of amides is 1. The van der Waals surface area contributed by atoms with Gasteiger partial charge in [0.05, 0.1) is 10.6 Å². The predicted molar refractivity (Wildman–Crippen MR) is 81.0 cm³/mol. The minimum Gasteiger partial charge on any atom is -0.325 e. The zero-order chi connectivity index (χ0) is 15.5. The number of carbonyl (C=O) groups excluding carboxylic acids is 1.